The highest BCUT2D eigenvalue weighted by molar-refractivity contribution is 5.96. The van der Waals surface area contributed by atoms with Gasteiger partial charge in [0, 0.05) is 6.54 Å². The minimum atomic E-state index is -0.334. The van der Waals surface area contributed by atoms with Crippen LogP contribution >= 0.6 is 0 Å². The minimum absolute atomic E-state index is 0.0352. The van der Waals surface area contributed by atoms with Gasteiger partial charge >= 0.3 is 0 Å². The third kappa shape index (κ3) is 2.48. The molecule has 0 saturated heterocycles. The van der Waals surface area contributed by atoms with Crippen LogP contribution in [-0.2, 0) is 13.1 Å². The van der Waals surface area contributed by atoms with Gasteiger partial charge in [-0.15, -0.1) is 10.2 Å². The predicted octanol–water partition coefficient (Wildman–Crippen LogP) is 0.934. The highest BCUT2D eigenvalue weighted by Gasteiger charge is 2.11. The molecule has 0 unspecified atom stereocenters. The van der Waals surface area contributed by atoms with Crippen molar-refractivity contribution in [2.24, 2.45) is 0 Å². The van der Waals surface area contributed by atoms with Gasteiger partial charge in [-0.3, -0.25) is 4.79 Å². The number of amides is 1. The van der Waals surface area contributed by atoms with Crippen molar-refractivity contribution in [2.75, 3.05) is 0 Å². The molecule has 0 atom stereocenters. The van der Waals surface area contributed by atoms with E-state index in [-0.39, 0.29) is 23.8 Å². The SMILES string of the molecule is CCn1cnnc1CNC(=O)c1ccccc1O. The van der Waals surface area contributed by atoms with Gasteiger partial charge in [-0.2, -0.15) is 0 Å². The topological polar surface area (TPSA) is 80.0 Å². The molecule has 0 bridgehead atoms. The Labute approximate surface area is 104 Å². The van der Waals surface area contributed by atoms with E-state index in [2.05, 4.69) is 15.5 Å². The number of nitrogens with one attached hydrogen (secondary N) is 1. The summed E-state index contributed by atoms with van der Waals surface area (Å²) in [7, 11) is 0. The standard InChI is InChI=1S/C12H14N4O2/c1-2-16-8-14-15-11(16)7-13-12(18)9-5-3-4-6-10(9)17/h3-6,8,17H,2,7H2,1H3,(H,13,18). The molecule has 6 heteroatoms. The summed E-state index contributed by atoms with van der Waals surface area (Å²) in [5.41, 5.74) is 0.250. The normalized spacial score (nSPS) is 10.3. The Hall–Kier alpha value is -2.37. The number of hydrogen-bond acceptors (Lipinski definition) is 4. The molecule has 6 nitrogen and oxygen atoms in total. The van der Waals surface area contributed by atoms with Gasteiger partial charge in [0.2, 0.25) is 0 Å². The second-order valence-electron chi connectivity index (χ2n) is 3.73. The molecule has 2 aromatic rings. The first kappa shape index (κ1) is 12.1. The summed E-state index contributed by atoms with van der Waals surface area (Å²) >= 11 is 0. The van der Waals surface area contributed by atoms with E-state index in [9.17, 15) is 9.90 Å². The van der Waals surface area contributed by atoms with E-state index in [0.29, 0.717) is 5.82 Å². The molecule has 0 saturated carbocycles. The number of carbonyl (C=O) groups is 1. The molecule has 0 radical (unpaired) electrons. The number of rotatable bonds is 4. The van der Waals surface area contributed by atoms with Gasteiger partial charge in [0.05, 0.1) is 12.1 Å². The molecule has 0 aliphatic carbocycles. The van der Waals surface area contributed by atoms with Crippen molar-refractivity contribution in [3.63, 3.8) is 0 Å². The van der Waals surface area contributed by atoms with E-state index in [4.69, 9.17) is 0 Å². The van der Waals surface area contributed by atoms with Gasteiger partial charge in [0.1, 0.15) is 12.1 Å². The molecule has 2 N–H and O–H groups in total. The maximum absolute atomic E-state index is 11.8. The Morgan fingerprint density at radius 2 is 2.22 bits per heavy atom. The molecule has 0 aliphatic heterocycles. The minimum Gasteiger partial charge on any atom is -0.507 e. The Balaban J connectivity index is 2.03. The lowest BCUT2D eigenvalue weighted by Crippen LogP contribution is -2.24. The number of para-hydroxylation sites is 1. The third-order valence-electron chi connectivity index (χ3n) is 2.59. The maximum Gasteiger partial charge on any atom is 0.255 e. The summed E-state index contributed by atoms with van der Waals surface area (Å²) in [6.45, 7) is 2.99. The summed E-state index contributed by atoms with van der Waals surface area (Å²) in [4.78, 5) is 11.8. The summed E-state index contributed by atoms with van der Waals surface area (Å²) < 4.78 is 1.84. The van der Waals surface area contributed by atoms with Crippen LogP contribution in [0.5, 0.6) is 5.75 Å². The quantitative estimate of drug-likeness (QED) is 0.841. The summed E-state index contributed by atoms with van der Waals surface area (Å²) in [6.07, 6.45) is 1.61. The van der Waals surface area contributed by atoms with Gasteiger partial charge in [-0.25, -0.2) is 0 Å². The molecule has 1 aromatic carbocycles. The molecule has 2 rings (SSSR count). The van der Waals surface area contributed by atoms with Crippen molar-refractivity contribution in [3.05, 3.63) is 42.0 Å². The van der Waals surface area contributed by atoms with Crippen molar-refractivity contribution in [1.82, 2.24) is 20.1 Å². The van der Waals surface area contributed by atoms with Gasteiger partial charge in [0.25, 0.3) is 5.91 Å². The van der Waals surface area contributed by atoms with Gasteiger partial charge in [0.15, 0.2) is 5.82 Å². The molecule has 1 heterocycles. The molecule has 94 valence electrons. The lowest BCUT2D eigenvalue weighted by atomic mass is 10.2. The fourth-order valence-electron chi connectivity index (χ4n) is 1.60. The van der Waals surface area contributed by atoms with Crippen LogP contribution in [0.2, 0.25) is 0 Å². The molecule has 1 aromatic heterocycles. The second kappa shape index (κ2) is 5.31. The van der Waals surface area contributed by atoms with Crippen LogP contribution in [0.15, 0.2) is 30.6 Å². The van der Waals surface area contributed by atoms with Crippen molar-refractivity contribution in [2.45, 2.75) is 20.0 Å². The number of carbonyl (C=O) groups excluding carboxylic acids is 1. The average molecular weight is 246 g/mol. The molecular weight excluding hydrogens is 232 g/mol. The van der Waals surface area contributed by atoms with Gasteiger partial charge < -0.3 is 15.0 Å². The summed E-state index contributed by atoms with van der Waals surface area (Å²) in [5.74, 6) is 0.312. The highest BCUT2D eigenvalue weighted by atomic mass is 16.3. The number of aromatic nitrogens is 3. The largest absolute Gasteiger partial charge is 0.507 e. The van der Waals surface area contributed by atoms with Crippen molar-refractivity contribution >= 4 is 5.91 Å². The Morgan fingerprint density at radius 3 is 2.94 bits per heavy atom. The Morgan fingerprint density at radius 1 is 1.44 bits per heavy atom. The zero-order valence-electron chi connectivity index (χ0n) is 10.00. The fraction of sp³-hybridized carbons (Fsp3) is 0.250. The summed E-state index contributed by atoms with van der Waals surface area (Å²) in [5, 5.41) is 19.9. The molecule has 0 aliphatic rings. The summed E-state index contributed by atoms with van der Waals surface area (Å²) in [6, 6.07) is 6.40. The van der Waals surface area contributed by atoms with Crippen LogP contribution in [0.3, 0.4) is 0 Å². The van der Waals surface area contributed by atoms with E-state index in [1.165, 1.54) is 6.07 Å². The molecule has 0 fully saturated rings. The Bertz CT molecular complexity index is 551. The molecule has 18 heavy (non-hydrogen) atoms. The van der Waals surface area contributed by atoms with Crippen LogP contribution in [0.1, 0.15) is 23.1 Å². The van der Waals surface area contributed by atoms with E-state index in [1.807, 2.05) is 11.5 Å². The van der Waals surface area contributed by atoms with Crippen LogP contribution < -0.4 is 5.32 Å². The average Bonchev–Trinajstić information content (AvgIpc) is 2.84. The van der Waals surface area contributed by atoms with E-state index in [1.54, 1.807) is 24.5 Å². The molecular formula is C12H14N4O2. The van der Waals surface area contributed by atoms with E-state index >= 15 is 0 Å². The van der Waals surface area contributed by atoms with Gasteiger partial charge in [-0.1, -0.05) is 12.1 Å². The van der Waals surface area contributed by atoms with Crippen LogP contribution in [0.4, 0.5) is 0 Å². The number of benzene rings is 1. The van der Waals surface area contributed by atoms with E-state index < -0.39 is 0 Å². The number of hydrogen-bond donors (Lipinski definition) is 2. The van der Waals surface area contributed by atoms with Gasteiger partial charge in [-0.05, 0) is 19.1 Å². The maximum atomic E-state index is 11.8. The zero-order chi connectivity index (χ0) is 13.0. The zero-order valence-corrected chi connectivity index (χ0v) is 10.00. The van der Waals surface area contributed by atoms with Crippen molar-refractivity contribution in [1.29, 1.82) is 0 Å². The Kier molecular flexibility index (Phi) is 3.57. The molecule has 0 spiro atoms. The first-order valence-corrected chi connectivity index (χ1v) is 5.65. The second-order valence-corrected chi connectivity index (χ2v) is 3.73. The van der Waals surface area contributed by atoms with Crippen molar-refractivity contribution in [3.8, 4) is 5.75 Å². The third-order valence-corrected chi connectivity index (χ3v) is 2.59. The van der Waals surface area contributed by atoms with Crippen LogP contribution in [0.25, 0.3) is 0 Å². The highest BCUT2D eigenvalue weighted by Crippen LogP contribution is 2.15. The number of aryl methyl sites for hydroxylation is 1. The number of phenolic OH excluding ortho intramolecular Hbond substituents is 1. The first-order chi connectivity index (χ1) is 8.72. The smallest absolute Gasteiger partial charge is 0.255 e. The monoisotopic (exact) mass is 246 g/mol. The van der Waals surface area contributed by atoms with E-state index in [0.717, 1.165) is 6.54 Å². The fourth-order valence-corrected chi connectivity index (χ4v) is 1.60. The lowest BCUT2D eigenvalue weighted by Gasteiger charge is -2.07. The number of phenols is 1. The first-order valence-electron chi connectivity index (χ1n) is 5.65. The number of nitrogens with zero attached hydrogens (tertiary/aromatic N) is 3. The lowest BCUT2D eigenvalue weighted by molar-refractivity contribution is 0.0947. The van der Waals surface area contributed by atoms with Crippen molar-refractivity contribution < 1.29 is 9.90 Å². The van der Waals surface area contributed by atoms with Crippen LogP contribution in [-0.4, -0.2) is 25.8 Å². The van der Waals surface area contributed by atoms with Crippen LogP contribution in [0, 0.1) is 0 Å². The predicted molar refractivity (Wildman–Crippen MR) is 65.0 cm³/mol. The molecule has 1 amide bonds. The number of aromatic hydroxyl groups is 1.